The van der Waals surface area contributed by atoms with Gasteiger partial charge in [-0.1, -0.05) is 30.7 Å². The van der Waals surface area contributed by atoms with E-state index in [-0.39, 0.29) is 29.6 Å². The number of nitrogens with zero attached hydrogens (tertiary/aromatic N) is 2. The number of nitrogens with one attached hydrogen (secondary N) is 2. The molecule has 2 aromatic heterocycles. The summed E-state index contributed by atoms with van der Waals surface area (Å²) in [5.74, 6) is -0.0824. The van der Waals surface area contributed by atoms with Gasteiger partial charge in [-0.3, -0.25) is 9.48 Å². The quantitative estimate of drug-likeness (QED) is 0.653. The molecule has 1 aliphatic rings. The molecular formula is C21H22ClFN4OS. The van der Waals surface area contributed by atoms with E-state index in [1.54, 1.807) is 29.1 Å². The van der Waals surface area contributed by atoms with E-state index >= 15 is 0 Å². The van der Waals surface area contributed by atoms with Gasteiger partial charge in [0, 0.05) is 25.6 Å². The number of aryl methyl sites for hydroxylation is 1. The minimum atomic E-state index is -0.255. The van der Waals surface area contributed by atoms with Gasteiger partial charge in [0.1, 0.15) is 5.82 Å². The normalized spacial score (nSPS) is 21.9. The van der Waals surface area contributed by atoms with Crippen molar-refractivity contribution in [3.63, 3.8) is 0 Å². The van der Waals surface area contributed by atoms with Gasteiger partial charge in [-0.05, 0) is 42.3 Å². The topological polar surface area (TPSA) is 58.9 Å². The summed E-state index contributed by atoms with van der Waals surface area (Å²) in [6.45, 7) is 3.59. The SMILES string of the molecule is C[C@H]1CNC[C@@H](NC(=O)c2ccc(-c3c(Cl)cnn3C)s2)[C@@H]1c1cccc(F)c1. The molecule has 3 heterocycles. The maximum absolute atomic E-state index is 13.8. The van der Waals surface area contributed by atoms with Crippen LogP contribution in [0.25, 0.3) is 10.6 Å². The van der Waals surface area contributed by atoms with E-state index in [1.165, 1.54) is 17.4 Å². The summed E-state index contributed by atoms with van der Waals surface area (Å²) in [4.78, 5) is 14.4. The molecule has 29 heavy (non-hydrogen) atoms. The maximum atomic E-state index is 13.8. The lowest BCUT2D eigenvalue weighted by atomic mass is 9.79. The lowest BCUT2D eigenvalue weighted by Crippen LogP contribution is -2.53. The third-order valence-corrected chi connectivity index (χ3v) is 6.75. The fourth-order valence-corrected chi connectivity index (χ4v) is 5.37. The van der Waals surface area contributed by atoms with Crippen molar-refractivity contribution in [3.05, 3.63) is 63.9 Å². The van der Waals surface area contributed by atoms with Crippen molar-refractivity contribution in [1.29, 1.82) is 0 Å². The summed E-state index contributed by atoms with van der Waals surface area (Å²) in [5, 5.41) is 11.2. The summed E-state index contributed by atoms with van der Waals surface area (Å²) in [7, 11) is 1.82. The molecule has 1 saturated heterocycles. The summed E-state index contributed by atoms with van der Waals surface area (Å²) in [6, 6.07) is 10.2. The zero-order valence-electron chi connectivity index (χ0n) is 16.2. The van der Waals surface area contributed by atoms with Gasteiger partial charge in [-0.15, -0.1) is 11.3 Å². The van der Waals surface area contributed by atoms with Crippen LogP contribution in [-0.2, 0) is 7.05 Å². The number of hydrogen-bond donors (Lipinski definition) is 2. The molecule has 1 amide bonds. The van der Waals surface area contributed by atoms with Crippen molar-refractivity contribution in [2.75, 3.05) is 13.1 Å². The second kappa shape index (κ2) is 8.26. The van der Waals surface area contributed by atoms with Gasteiger partial charge in [0.15, 0.2) is 0 Å². The number of hydrogen-bond acceptors (Lipinski definition) is 4. The molecule has 152 valence electrons. The molecule has 0 radical (unpaired) electrons. The zero-order valence-corrected chi connectivity index (χ0v) is 17.7. The standard InChI is InChI=1S/C21H22ClFN4OS/c1-12-9-24-11-16(19(12)13-4-3-5-14(23)8-13)26-21(28)18-7-6-17(29-18)20-15(22)10-25-27(20)2/h3-8,10,12,16,19,24H,9,11H2,1-2H3,(H,26,28)/t12-,16+,19-/m0/s1. The predicted molar refractivity (Wildman–Crippen MR) is 114 cm³/mol. The highest BCUT2D eigenvalue weighted by atomic mass is 35.5. The summed E-state index contributed by atoms with van der Waals surface area (Å²) < 4.78 is 15.5. The van der Waals surface area contributed by atoms with Crippen LogP contribution in [0.3, 0.4) is 0 Å². The molecule has 3 aromatic rings. The lowest BCUT2D eigenvalue weighted by molar-refractivity contribution is 0.0920. The van der Waals surface area contributed by atoms with Crippen molar-refractivity contribution in [2.45, 2.75) is 18.9 Å². The van der Waals surface area contributed by atoms with Crippen LogP contribution in [0.4, 0.5) is 4.39 Å². The molecular weight excluding hydrogens is 411 g/mol. The van der Waals surface area contributed by atoms with Gasteiger partial charge in [0.05, 0.1) is 26.7 Å². The van der Waals surface area contributed by atoms with E-state index in [4.69, 9.17) is 11.6 Å². The fourth-order valence-electron chi connectivity index (χ4n) is 4.05. The van der Waals surface area contributed by atoms with Crippen LogP contribution in [0.5, 0.6) is 0 Å². The molecule has 1 aliphatic heterocycles. The average molecular weight is 433 g/mol. The van der Waals surface area contributed by atoms with Crippen LogP contribution >= 0.6 is 22.9 Å². The maximum Gasteiger partial charge on any atom is 0.261 e. The molecule has 1 fully saturated rings. The Hall–Kier alpha value is -2.22. The van der Waals surface area contributed by atoms with E-state index in [0.717, 1.165) is 22.7 Å². The van der Waals surface area contributed by atoms with Crippen molar-refractivity contribution >= 4 is 28.8 Å². The molecule has 2 N–H and O–H groups in total. The van der Waals surface area contributed by atoms with E-state index in [2.05, 4.69) is 22.7 Å². The molecule has 0 bridgehead atoms. The van der Waals surface area contributed by atoms with Gasteiger partial charge in [0.2, 0.25) is 0 Å². The number of carbonyl (C=O) groups excluding carboxylic acids is 1. The first kappa shape index (κ1) is 20.1. The number of carbonyl (C=O) groups is 1. The smallest absolute Gasteiger partial charge is 0.261 e. The third kappa shape index (κ3) is 4.08. The monoisotopic (exact) mass is 432 g/mol. The lowest BCUT2D eigenvalue weighted by Gasteiger charge is -2.37. The van der Waals surface area contributed by atoms with Crippen molar-refractivity contribution < 1.29 is 9.18 Å². The number of piperidine rings is 1. The van der Waals surface area contributed by atoms with E-state index in [0.29, 0.717) is 16.4 Å². The average Bonchev–Trinajstić information content (AvgIpc) is 3.28. The Labute approximate surface area is 177 Å². The summed E-state index contributed by atoms with van der Waals surface area (Å²) >= 11 is 7.60. The van der Waals surface area contributed by atoms with E-state index in [1.807, 2.05) is 19.2 Å². The summed E-state index contributed by atoms with van der Waals surface area (Å²) in [5.41, 5.74) is 1.71. The number of halogens is 2. The molecule has 0 spiro atoms. The second-order valence-electron chi connectivity index (χ2n) is 7.42. The number of aromatic nitrogens is 2. The third-order valence-electron chi connectivity index (χ3n) is 5.38. The molecule has 0 unspecified atom stereocenters. The zero-order chi connectivity index (χ0) is 20.5. The van der Waals surface area contributed by atoms with E-state index in [9.17, 15) is 9.18 Å². The van der Waals surface area contributed by atoms with Gasteiger partial charge in [0.25, 0.3) is 5.91 Å². The minimum Gasteiger partial charge on any atom is -0.347 e. The Balaban J connectivity index is 1.55. The molecule has 0 aliphatic carbocycles. The molecule has 5 nitrogen and oxygen atoms in total. The van der Waals surface area contributed by atoms with Crippen LogP contribution in [0.2, 0.25) is 5.02 Å². The first-order chi connectivity index (χ1) is 13.9. The molecule has 4 rings (SSSR count). The number of amides is 1. The molecule has 1 aromatic carbocycles. The molecule has 8 heteroatoms. The van der Waals surface area contributed by atoms with Gasteiger partial charge in [-0.25, -0.2) is 4.39 Å². The van der Waals surface area contributed by atoms with E-state index < -0.39 is 0 Å². The Kier molecular flexibility index (Phi) is 5.72. The first-order valence-corrected chi connectivity index (χ1v) is 10.7. The van der Waals surface area contributed by atoms with Gasteiger partial charge in [-0.2, -0.15) is 5.10 Å². The number of benzene rings is 1. The van der Waals surface area contributed by atoms with Gasteiger partial charge >= 0.3 is 0 Å². The highest BCUT2D eigenvalue weighted by Crippen LogP contribution is 2.34. The Morgan fingerprint density at radius 1 is 1.34 bits per heavy atom. The van der Waals surface area contributed by atoms with Crippen LogP contribution in [0, 0.1) is 11.7 Å². The largest absolute Gasteiger partial charge is 0.347 e. The van der Waals surface area contributed by atoms with Gasteiger partial charge < -0.3 is 10.6 Å². The molecule has 3 atom stereocenters. The predicted octanol–water partition coefficient (Wildman–Crippen LogP) is 4.06. The van der Waals surface area contributed by atoms with Crippen LogP contribution in [-0.4, -0.2) is 34.8 Å². The Morgan fingerprint density at radius 3 is 2.90 bits per heavy atom. The van der Waals surface area contributed by atoms with Crippen molar-refractivity contribution in [1.82, 2.24) is 20.4 Å². The number of rotatable bonds is 4. The van der Waals surface area contributed by atoms with Crippen LogP contribution in [0.15, 0.2) is 42.6 Å². The van der Waals surface area contributed by atoms with Crippen LogP contribution in [0.1, 0.15) is 28.1 Å². The van der Waals surface area contributed by atoms with Crippen molar-refractivity contribution in [3.8, 4) is 10.6 Å². The Bertz CT molecular complexity index is 1010. The second-order valence-corrected chi connectivity index (χ2v) is 8.92. The highest BCUT2D eigenvalue weighted by Gasteiger charge is 2.33. The number of thiophene rings is 1. The highest BCUT2D eigenvalue weighted by molar-refractivity contribution is 7.17. The van der Waals surface area contributed by atoms with Crippen molar-refractivity contribution in [2.24, 2.45) is 13.0 Å². The Morgan fingerprint density at radius 2 is 2.17 bits per heavy atom. The van der Waals surface area contributed by atoms with Crippen LogP contribution < -0.4 is 10.6 Å². The molecule has 0 saturated carbocycles. The first-order valence-electron chi connectivity index (χ1n) is 9.49. The fraction of sp³-hybridized carbons (Fsp3) is 0.333. The minimum absolute atomic E-state index is 0.0434. The summed E-state index contributed by atoms with van der Waals surface area (Å²) in [6.07, 6.45) is 1.59.